The van der Waals surface area contributed by atoms with Crippen molar-refractivity contribution in [2.75, 3.05) is 0 Å². The van der Waals surface area contributed by atoms with Crippen LogP contribution in [0.1, 0.15) is 37.7 Å². The molecular formula is C19H21F2N7O. The van der Waals surface area contributed by atoms with Gasteiger partial charge in [0.05, 0.1) is 5.56 Å². The van der Waals surface area contributed by atoms with E-state index in [9.17, 15) is 8.78 Å². The molecule has 152 valence electrons. The number of nitrogens with zero attached hydrogens (tertiary/aromatic N) is 5. The normalized spacial score (nSPS) is 11.5. The lowest BCUT2D eigenvalue weighted by molar-refractivity contribution is 0.264. The van der Waals surface area contributed by atoms with Gasteiger partial charge in [0.15, 0.2) is 11.7 Å². The number of aryl methyl sites for hydroxylation is 1. The fourth-order valence-corrected chi connectivity index (χ4v) is 2.65. The highest BCUT2D eigenvalue weighted by Gasteiger charge is 2.24. The number of rotatable bonds is 4. The molecule has 0 atom stereocenters. The van der Waals surface area contributed by atoms with Gasteiger partial charge in [0, 0.05) is 12.6 Å². The molecule has 0 radical (unpaired) electrons. The van der Waals surface area contributed by atoms with Crippen LogP contribution < -0.4 is 10.2 Å². The van der Waals surface area contributed by atoms with E-state index >= 15 is 0 Å². The molecular weight excluding hydrogens is 380 g/mol. The summed E-state index contributed by atoms with van der Waals surface area (Å²) in [6, 6.07) is 4.29. The van der Waals surface area contributed by atoms with Crippen LogP contribution in [0.4, 0.5) is 8.78 Å². The van der Waals surface area contributed by atoms with Gasteiger partial charge in [-0.1, -0.05) is 20.8 Å². The van der Waals surface area contributed by atoms with Crippen molar-refractivity contribution in [2.24, 2.45) is 7.05 Å². The second-order valence-electron chi connectivity index (χ2n) is 7.47. The molecule has 0 saturated heterocycles. The topological polar surface area (TPSA) is 105 Å². The monoisotopic (exact) mass is 401 g/mol. The Morgan fingerprint density at radius 3 is 2.55 bits per heavy atom. The van der Waals surface area contributed by atoms with E-state index in [2.05, 4.69) is 15.2 Å². The Bertz CT molecular complexity index is 1130. The van der Waals surface area contributed by atoms with E-state index in [0.29, 0.717) is 11.4 Å². The van der Waals surface area contributed by atoms with Crippen LogP contribution in [-0.2, 0) is 19.1 Å². The second kappa shape index (κ2) is 7.53. The summed E-state index contributed by atoms with van der Waals surface area (Å²) in [5.41, 5.74) is -0.245. The highest BCUT2D eigenvalue weighted by molar-refractivity contribution is 5.97. The van der Waals surface area contributed by atoms with Gasteiger partial charge in [0.25, 0.3) is 0 Å². The first-order chi connectivity index (χ1) is 13.6. The van der Waals surface area contributed by atoms with Crippen molar-refractivity contribution in [3.8, 4) is 5.88 Å². The van der Waals surface area contributed by atoms with Crippen molar-refractivity contribution in [1.82, 2.24) is 24.5 Å². The molecule has 3 rings (SSSR count). The van der Waals surface area contributed by atoms with Crippen molar-refractivity contribution in [3.63, 3.8) is 0 Å². The number of ether oxygens (including phenoxy) is 1. The van der Waals surface area contributed by atoms with Crippen LogP contribution in [0.5, 0.6) is 5.88 Å². The summed E-state index contributed by atoms with van der Waals surface area (Å²) in [5, 5.41) is 24.8. The number of hydrogen-bond acceptors (Lipinski definition) is 6. The van der Waals surface area contributed by atoms with Crippen molar-refractivity contribution in [1.29, 1.82) is 10.8 Å². The Balaban J connectivity index is 2.06. The molecule has 3 aromatic rings. The standard InChI is InChI=1S/C19H21F2N7O/c1-19(2,3)13-8-15(22)28(17(23)12-7-11(20)5-6-14(12)21)26-18(13)29-9-16-24-10-25-27(16)4/h5-8,10,22-23H,9H2,1-4H3. The summed E-state index contributed by atoms with van der Waals surface area (Å²) >= 11 is 0. The molecule has 0 saturated carbocycles. The predicted molar refractivity (Wildman–Crippen MR) is 101 cm³/mol. The van der Waals surface area contributed by atoms with Gasteiger partial charge in [-0.15, -0.1) is 5.10 Å². The SMILES string of the molecule is Cn1ncnc1COc1nn(C(=N)c2cc(F)ccc2F)c(=N)cc1C(C)(C)C. The maximum Gasteiger partial charge on any atom is 0.236 e. The van der Waals surface area contributed by atoms with Crippen LogP contribution in [-0.4, -0.2) is 30.4 Å². The van der Waals surface area contributed by atoms with Gasteiger partial charge in [-0.05, 0) is 29.7 Å². The summed E-state index contributed by atoms with van der Waals surface area (Å²) in [6.45, 7) is 5.85. The third-order valence-corrected chi connectivity index (χ3v) is 4.28. The molecule has 2 N–H and O–H groups in total. The lowest BCUT2D eigenvalue weighted by Gasteiger charge is -2.23. The molecule has 0 aliphatic rings. The van der Waals surface area contributed by atoms with E-state index in [1.807, 2.05) is 20.8 Å². The van der Waals surface area contributed by atoms with Gasteiger partial charge in [-0.3, -0.25) is 15.5 Å². The molecule has 0 aliphatic carbocycles. The lowest BCUT2D eigenvalue weighted by Crippen LogP contribution is -2.33. The molecule has 2 aromatic heterocycles. The molecule has 0 aliphatic heterocycles. The third kappa shape index (κ3) is 4.20. The number of benzene rings is 1. The lowest BCUT2D eigenvalue weighted by atomic mass is 9.88. The van der Waals surface area contributed by atoms with E-state index < -0.39 is 22.9 Å². The minimum Gasteiger partial charge on any atom is -0.468 e. The molecule has 0 fully saturated rings. The van der Waals surface area contributed by atoms with Crippen molar-refractivity contribution in [2.45, 2.75) is 32.8 Å². The Morgan fingerprint density at radius 1 is 1.21 bits per heavy atom. The van der Waals surface area contributed by atoms with E-state index in [1.54, 1.807) is 11.7 Å². The smallest absolute Gasteiger partial charge is 0.236 e. The summed E-state index contributed by atoms with van der Waals surface area (Å²) in [4.78, 5) is 4.09. The van der Waals surface area contributed by atoms with Crippen LogP contribution >= 0.6 is 0 Å². The molecule has 0 amide bonds. The van der Waals surface area contributed by atoms with Gasteiger partial charge in [0.2, 0.25) is 5.88 Å². The maximum atomic E-state index is 14.1. The molecule has 0 unspecified atom stereocenters. The summed E-state index contributed by atoms with van der Waals surface area (Å²) < 4.78 is 36.0. The summed E-state index contributed by atoms with van der Waals surface area (Å²) in [7, 11) is 1.72. The highest BCUT2D eigenvalue weighted by Crippen LogP contribution is 2.28. The quantitative estimate of drug-likeness (QED) is 0.518. The van der Waals surface area contributed by atoms with Gasteiger partial charge < -0.3 is 4.74 Å². The van der Waals surface area contributed by atoms with E-state index in [-0.39, 0.29) is 23.5 Å². The van der Waals surface area contributed by atoms with E-state index in [0.717, 1.165) is 22.9 Å². The molecule has 8 nitrogen and oxygen atoms in total. The molecule has 2 heterocycles. The number of hydrogen-bond donors (Lipinski definition) is 2. The van der Waals surface area contributed by atoms with Crippen LogP contribution in [0.2, 0.25) is 0 Å². The van der Waals surface area contributed by atoms with Gasteiger partial charge in [-0.2, -0.15) is 9.78 Å². The predicted octanol–water partition coefficient (Wildman–Crippen LogP) is 2.52. The minimum atomic E-state index is -0.786. The fraction of sp³-hybridized carbons (Fsp3) is 0.316. The Labute approximate surface area is 165 Å². The molecule has 10 heteroatoms. The van der Waals surface area contributed by atoms with Gasteiger partial charge >= 0.3 is 0 Å². The van der Waals surface area contributed by atoms with Crippen LogP contribution in [0.3, 0.4) is 0 Å². The Kier molecular flexibility index (Phi) is 5.27. The zero-order valence-electron chi connectivity index (χ0n) is 16.5. The first kappa shape index (κ1) is 20.3. The molecule has 29 heavy (non-hydrogen) atoms. The number of aromatic nitrogens is 5. The molecule has 1 aromatic carbocycles. The zero-order valence-corrected chi connectivity index (χ0v) is 16.5. The second-order valence-corrected chi connectivity index (χ2v) is 7.47. The number of halogens is 2. The minimum absolute atomic E-state index is 0.0611. The zero-order chi connectivity index (χ0) is 21.3. The average Bonchev–Trinajstić information content (AvgIpc) is 3.06. The fourth-order valence-electron chi connectivity index (χ4n) is 2.65. The van der Waals surface area contributed by atoms with Crippen LogP contribution in [0.25, 0.3) is 0 Å². The largest absolute Gasteiger partial charge is 0.468 e. The van der Waals surface area contributed by atoms with Crippen molar-refractivity contribution in [3.05, 3.63) is 64.7 Å². The first-order valence-electron chi connectivity index (χ1n) is 8.77. The number of nitrogens with one attached hydrogen (secondary N) is 2. The Hall–Kier alpha value is -3.43. The van der Waals surface area contributed by atoms with Gasteiger partial charge in [0.1, 0.15) is 30.1 Å². The van der Waals surface area contributed by atoms with Crippen LogP contribution in [0.15, 0.2) is 30.6 Å². The van der Waals surface area contributed by atoms with E-state index in [1.165, 1.54) is 12.4 Å². The Morgan fingerprint density at radius 2 is 1.93 bits per heavy atom. The average molecular weight is 401 g/mol. The third-order valence-electron chi connectivity index (χ3n) is 4.28. The summed E-state index contributed by atoms with van der Waals surface area (Å²) in [6.07, 6.45) is 1.40. The molecule has 0 bridgehead atoms. The summed E-state index contributed by atoms with van der Waals surface area (Å²) in [5.74, 6) is -1.23. The van der Waals surface area contributed by atoms with E-state index in [4.69, 9.17) is 15.6 Å². The van der Waals surface area contributed by atoms with Crippen molar-refractivity contribution < 1.29 is 13.5 Å². The van der Waals surface area contributed by atoms with Crippen LogP contribution in [0, 0.1) is 22.5 Å². The first-order valence-corrected chi connectivity index (χ1v) is 8.77. The maximum absolute atomic E-state index is 14.1. The highest BCUT2D eigenvalue weighted by atomic mass is 19.1. The van der Waals surface area contributed by atoms with Gasteiger partial charge in [-0.25, -0.2) is 13.8 Å². The van der Waals surface area contributed by atoms with Crippen molar-refractivity contribution >= 4 is 5.84 Å². The molecule has 0 spiro atoms.